The van der Waals surface area contributed by atoms with Crippen LogP contribution in [0, 0.1) is 5.82 Å². The molecule has 1 fully saturated rings. The molecule has 2 aromatic carbocycles. The Hall–Kier alpha value is -4.18. The summed E-state index contributed by atoms with van der Waals surface area (Å²) >= 11 is 0. The van der Waals surface area contributed by atoms with Crippen LogP contribution in [-0.2, 0) is 14.3 Å². The number of halogens is 2. The van der Waals surface area contributed by atoms with E-state index in [0.717, 1.165) is 16.0 Å². The van der Waals surface area contributed by atoms with Gasteiger partial charge >= 0.3 is 0 Å². The standard InChI is InChI=1S/C29H30F2N4O4/c1-18(23-8-4-3-6-19(23)7-5-13-39-2)33-29(38)26-15-22(31)17-35(26)27(36)16-32-28(37)25-11-9-20-14-21(30)10-12-24(20)34-25/h3-12,14,18,22,26H,13,15-17H2,1-2H3,(H,32,37)(H,33,38)/b7-5+/t18-,22+,26+/m1/s1. The van der Waals surface area contributed by atoms with Crippen LogP contribution in [0.4, 0.5) is 8.78 Å². The molecule has 0 spiro atoms. The van der Waals surface area contributed by atoms with Crippen LogP contribution in [0.1, 0.15) is 41.0 Å². The zero-order valence-electron chi connectivity index (χ0n) is 21.7. The molecular weight excluding hydrogens is 506 g/mol. The third kappa shape index (κ3) is 6.83. The second-order valence-electron chi connectivity index (χ2n) is 9.33. The maximum atomic E-state index is 14.4. The van der Waals surface area contributed by atoms with E-state index in [1.807, 2.05) is 43.3 Å². The third-order valence-corrected chi connectivity index (χ3v) is 6.54. The number of aromatic nitrogens is 1. The summed E-state index contributed by atoms with van der Waals surface area (Å²) in [5.74, 6) is -2.08. The van der Waals surface area contributed by atoms with Crippen molar-refractivity contribution in [3.63, 3.8) is 0 Å². The first-order valence-corrected chi connectivity index (χ1v) is 12.6. The van der Waals surface area contributed by atoms with Gasteiger partial charge in [0.15, 0.2) is 0 Å². The number of fused-ring (bicyclic) bond motifs is 1. The minimum Gasteiger partial charge on any atom is -0.381 e. The molecule has 3 aromatic rings. The van der Waals surface area contributed by atoms with Gasteiger partial charge < -0.3 is 20.3 Å². The highest BCUT2D eigenvalue weighted by atomic mass is 19.1. The maximum Gasteiger partial charge on any atom is 0.270 e. The summed E-state index contributed by atoms with van der Waals surface area (Å²) in [5.41, 5.74) is 2.24. The summed E-state index contributed by atoms with van der Waals surface area (Å²) in [7, 11) is 1.60. The normalized spacial score (nSPS) is 17.9. The van der Waals surface area contributed by atoms with Crippen LogP contribution in [0.5, 0.6) is 0 Å². The van der Waals surface area contributed by atoms with Crippen molar-refractivity contribution in [2.45, 2.75) is 31.6 Å². The summed E-state index contributed by atoms with van der Waals surface area (Å²) in [6, 6.07) is 13.1. The average molecular weight is 537 g/mol. The molecule has 0 aliphatic carbocycles. The summed E-state index contributed by atoms with van der Waals surface area (Å²) in [4.78, 5) is 44.0. The predicted molar refractivity (Wildman–Crippen MR) is 143 cm³/mol. The van der Waals surface area contributed by atoms with E-state index in [0.29, 0.717) is 17.5 Å². The van der Waals surface area contributed by atoms with Gasteiger partial charge in [-0.2, -0.15) is 0 Å². The van der Waals surface area contributed by atoms with Crippen molar-refractivity contribution in [2.75, 3.05) is 26.8 Å². The quantitative estimate of drug-likeness (QED) is 0.436. The van der Waals surface area contributed by atoms with Crippen molar-refractivity contribution in [3.8, 4) is 0 Å². The van der Waals surface area contributed by atoms with E-state index in [2.05, 4.69) is 15.6 Å². The molecule has 8 nitrogen and oxygen atoms in total. The number of pyridine rings is 1. The van der Waals surface area contributed by atoms with Crippen molar-refractivity contribution in [1.82, 2.24) is 20.5 Å². The molecule has 0 bridgehead atoms. The van der Waals surface area contributed by atoms with Crippen molar-refractivity contribution in [1.29, 1.82) is 0 Å². The van der Waals surface area contributed by atoms with Crippen molar-refractivity contribution < 1.29 is 27.9 Å². The Kier molecular flexibility index (Phi) is 8.98. The van der Waals surface area contributed by atoms with E-state index in [1.54, 1.807) is 13.2 Å². The average Bonchev–Trinajstić information content (AvgIpc) is 3.33. The maximum absolute atomic E-state index is 14.4. The fraction of sp³-hybridized carbons (Fsp3) is 0.310. The molecule has 1 aromatic heterocycles. The molecule has 1 saturated heterocycles. The van der Waals surface area contributed by atoms with Gasteiger partial charge in [-0.05, 0) is 42.3 Å². The van der Waals surface area contributed by atoms with Crippen LogP contribution < -0.4 is 10.6 Å². The third-order valence-electron chi connectivity index (χ3n) is 6.54. The number of carbonyl (C=O) groups excluding carboxylic acids is 3. The first-order chi connectivity index (χ1) is 18.8. The summed E-state index contributed by atoms with van der Waals surface area (Å²) in [6.07, 6.45) is 2.27. The van der Waals surface area contributed by atoms with E-state index in [-0.39, 0.29) is 18.7 Å². The van der Waals surface area contributed by atoms with Crippen molar-refractivity contribution in [3.05, 3.63) is 83.3 Å². The first kappa shape index (κ1) is 27.8. The first-order valence-electron chi connectivity index (χ1n) is 12.6. The van der Waals surface area contributed by atoms with Gasteiger partial charge in [0.05, 0.1) is 31.3 Å². The molecule has 1 aliphatic rings. The number of methoxy groups -OCH3 is 1. The second-order valence-corrected chi connectivity index (χ2v) is 9.33. The Morgan fingerprint density at radius 1 is 1.18 bits per heavy atom. The van der Waals surface area contributed by atoms with Gasteiger partial charge in [-0.1, -0.05) is 42.5 Å². The zero-order valence-corrected chi connectivity index (χ0v) is 21.7. The Balaban J connectivity index is 1.38. The number of amides is 3. The van der Waals surface area contributed by atoms with Gasteiger partial charge in [0.2, 0.25) is 11.8 Å². The minimum absolute atomic E-state index is 0.0491. The Morgan fingerprint density at radius 3 is 2.77 bits per heavy atom. The Bertz CT molecular complexity index is 1400. The Morgan fingerprint density at radius 2 is 1.97 bits per heavy atom. The summed E-state index contributed by atoms with van der Waals surface area (Å²) in [6.45, 7) is 1.60. The number of nitrogens with zero attached hydrogens (tertiary/aromatic N) is 2. The number of hydrogen-bond donors (Lipinski definition) is 2. The SMILES string of the molecule is COC/C=C/c1ccccc1[C@@H](C)NC(=O)[C@@H]1C[C@H](F)CN1C(=O)CNC(=O)c1ccc2cc(F)ccc2n1. The summed E-state index contributed by atoms with van der Waals surface area (Å²) < 4.78 is 32.8. The lowest BCUT2D eigenvalue weighted by atomic mass is 10.0. The molecule has 1 aliphatic heterocycles. The van der Waals surface area contributed by atoms with Crippen LogP contribution in [0.3, 0.4) is 0 Å². The number of carbonyl (C=O) groups is 3. The Labute approximate surface area is 225 Å². The highest BCUT2D eigenvalue weighted by Crippen LogP contribution is 2.24. The van der Waals surface area contributed by atoms with Crippen LogP contribution in [0.2, 0.25) is 0 Å². The predicted octanol–water partition coefficient (Wildman–Crippen LogP) is 3.58. The molecular formula is C29H30F2N4O4. The fourth-order valence-corrected chi connectivity index (χ4v) is 4.60. The summed E-state index contributed by atoms with van der Waals surface area (Å²) in [5, 5.41) is 5.92. The number of ether oxygens (including phenoxy) is 1. The lowest BCUT2D eigenvalue weighted by molar-refractivity contribution is -0.138. The van der Waals surface area contributed by atoms with Crippen LogP contribution in [-0.4, -0.2) is 66.6 Å². The van der Waals surface area contributed by atoms with Gasteiger partial charge in [-0.25, -0.2) is 13.8 Å². The van der Waals surface area contributed by atoms with Gasteiger partial charge in [0, 0.05) is 18.9 Å². The topological polar surface area (TPSA) is 101 Å². The van der Waals surface area contributed by atoms with E-state index in [4.69, 9.17) is 4.74 Å². The lowest BCUT2D eigenvalue weighted by Gasteiger charge is -2.26. The van der Waals surface area contributed by atoms with E-state index in [9.17, 15) is 23.2 Å². The zero-order chi connectivity index (χ0) is 27.9. The van der Waals surface area contributed by atoms with E-state index >= 15 is 0 Å². The molecule has 0 radical (unpaired) electrons. The molecule has 10 heteroatoms. The lowest BCUT2D eigenvalue weighted by Crippen LogP contribution is -2.49. The minimum atomic E-state index is -1.36. The van der Waals surface area contributed by atoms with E-state index < -0.39 is 48.3 Å². The molecule has 2 heterocycles. The number of rotatable bonds is 9. The number of alkyl halides is 1. The van der Waals surface area contributed by atoms with Gasteiger partial charge in [-0.3, -0.25) is 14.4 Å². The molecule has 39 heavy (non-hydrogen) atoms. The van der Waals surface area contributed by atoms with Crippen molar-refractivity contribution >= 4 is 34.7 Å². The fourth-order valence-electron chi connectivity index (χ4n) is 4.60. The highest BCUT2D eigenvalue weighted by molar-refractivity contribution is 5.97. The number of likely N-dealkylation sites (tertiary alicyclic amines) is 1. The molecule has 3 amide bonds. The molecule has 2 N–H and O–H groups in total. The largest absolute Gasteiger partial charge is 0.381 e. The van der Waals surface area contributed by atoms with Crippen LogP contribution in [0.25, 0.3) is 17.0 Å². The molecule has 204 valence electrons. The number of hydrogen-bond acceptors (Lipinski definition) is 5. The van der Waals surface area contributed by atoms with Crippen molar-refractivity contribution in [2.24, 2.45) is 0 Å². The smallest absolute Gasteiger partial charge is 0.270 e. The van der Waals surface area contributed by atoms with Crippen LogP contribution in [0.15, 0.2) is 60.7 Å². The monoisotopic (exact) mass is 536 g/mol. The van der Waals surface area contributed by atoms with Gasteiger partial charge in [-0.15, -0.1) is 0 Å². The molecule has 0 saturated carbocycles. The molecule has 4 rings (SSSR count). The second kappa shape index (κ2) is 12.6. The van der Waals surface area contributed by atoms with Crippen LogP contribution >= 0.6 is 0 Å². The highest BCUT2D eigenvalue weighted by Gasteiger charge is 2.40. The molecule has 3 atom stereocenters. The number of nitrogens with one attached hydrogen (secondary N) is 2. The number of benzene rings is 2. The van der Waals surface area contributed by atoms with E-state index in [1.165, 1.54) is 24.3 Å². The van der Waals surface area contributed by atoms with Gasteiger partial charge in [0.25, 0.3) is 5.91 Å². The van der Waals surface area contributed by atoms with Gasteiger partial charge in [0.1, 0.15) is 23.7 Å². The molecule has 0 unspecified atom stereocenters.